The van der Waals surface area contributed by atoms with E-state index in [1.165, 1.54) is 6.08 Å². The number of carbonyl (C=O) groups is 1. The van der Waals surface area contributed by atoms with Crippen LogP contribution in [-0.2, 0) is 16.1 Å². The van der Waals surface area contributed by atoms with Crippen LogP contribution >= 0.6 is 0 Å². The molecular formula is C9H12N2O4. The first kappa shape index (κ1) is 11.4. The number of hydrogen-bond acceptors (Lipinski definition) is 5. The Bertz CT molecular complexity index is 346. The van der Waals surface area contributed by atoms with Crippen LogP contribution in [0.4, 0.5) is 0 Å². The van der Waals surface area contributed by atoms with Crippen LogP contribution in [0.2, 0.25) is 0 Å². The summed E-state index contributed by atoms with van der Waals surface area (Å²) >= 11 is 0. The Balaban J connectivity index is 2.45. The highest BCUT2D eigenvalue weighted by atomic mass is 16.5. The van der Waals surface area contributed by atoms with Gasteiger partial charge < -0.3 is 14.3 Å². The second-order valence-electron chi connectivity index (χ2n) is 2.76. The van der Waals surface area contributed by atoms with Crippen molar-refractivity contribution >= 4 is 12.0 Å². The lowest BCUT2D eigenvalue weighted by Gasteiger charge is -1.95. The third-order valence-corrected chi connectivity index (χ3v) is 1.42. The molecule has 0 fully saturated rings. The monoisotopic (exact) mass is 212 g/mol. The fourth-order valence-electron chi connectivity index (χ4n) is 0.839. The average Bonchev–Trinajstić information content (AvgIpc) is 2.63. The number of aliphatic carboxylic acids is 1. The van der Waals surface area contributed by atoms with Crippen molar-refractivity contribution in [1.82, 2.24) is 10.2 Å². The largest absolute Gasteiger partial charge is 0.478 e. The Hall–Kier alpha value is -1.69. The van der Waals surface area contributed by atoms with Crippen LogP contribution in [0.15, 0.2) is 10.5 Å². The minimum absolute atomic E-state index is 0.160. The van der Waals surface area contributed by atoms with E-state index in [0.29, 0.717) is 12.5 Å². The summed E-state index contributed by atoms with van der Waals surface area (Å²) in [6.45, 7) is 2.87. The lowest BCUT2D eigenvalue weighted by molar-refractivity contribution is -0.131. The van der Waals surface area contributed by atoms with E-state index in [2.05, 4.69) is 10.2 Å². The predicted octanol–water partition coefficient (Wildman–Crippen LogP) is 1.09. The number of aromatic nitrogens is 2. The van der Waals surface area contributed by atoms with Crippen molar-refractivity contribution < 1.29 is 19.1 Å². The summed E-state index contributed by atoms with van der Waals surface area (Å²) in [6, 6.07) is 0. The van der Waals surface area contributed by atoms with E-state index in [1.807, 2.05) is 6.92 Å². The summed E-state index contributed by atoms with van der Waals surface area (Å²) in [6.07, 6.45) is 3.09. The molecule has 15 heavy (non-hydrogen) atoms. The molecule has 0 bridgehead atoms. The zero-order valence-electron chi connectivity index (χ0n) is 8.34. The Morgan fingerprint density at radius 1 is 1.60 bits per heavy atom. The van der Waals surface area contributed by atoms with Gasteiger partial charge in [0.25, 0.3) is 0 Å². The minimum atomic E-state index is -1.06. The highest BCUT2D eigenvalue weighted by Gasteiger charge is 2.03. The van der Waals surface area contributed by atoms with Crippen LogP contribution in [-0.4, -0.2) is 27.9 Å². The molecule has 1 aromatic heterocycles. The molecule has 0 atom stereocenters. The Labute approximate surface area is 86.6 Å². The number of nitrogens with zero attached hydrogens (tertiary/aromatic N) is 2. The van der Waals surface area contributed by atoms with Crippen molar-refractivity contribution in [3.8, 4) is 0 Å². The first-order valence-electron chi connectivity index (χ1n) is 4.53. The molecule has 1 heterocycles. The second kappa shape index (κ2) is 5.92. The van der Waals surface area contributed by atoms with Gasteiger partial charge in [0, 0.05) is 18.8 Å². The summed E-state index contributed by atoms with van der Waals surface area (Å²) in [5, 5.41) is 15.7. The number of carboxylic acids is 1. The van der Waals surface area contributed by atoms with Crippen molar-refractivity contribution in [3.63, 3.8) is 0 Å². The van der Waals surface area contributed by atoms with Crippen molar-refractivity contribution in [3.05, 3.63) is 17.9 Å². The van der Waals surface area contributed by atoms with Gasteiger partial charge in [0.05, 0.1) is 0 Å². The molecule has 82 valence electrons. The SMILES string of the molecule is CCCOCc1nnc(/C=C/C(=O)O)o1. The lowest BCUT2D eigenvalue weighted by Crippen LogP contribution is -1.93. The van der Waals surface area contributed by atoms with Crippen LogP contribution in [0.1, 0.15) is 25.1 Å². The first-order chi connectivity index (χ1) is 7.22. The zero-order chi connectivity index (χ0) is 11.1. The molecule has 0 saturated heterocycles. The topological polar surface area (TPSA) is 85.5 Å². The smallest absolute Gasteiger partial charge is 0.328 e. The van der Waals surface area contributed by atoms with E-state index in [4.69, 9.17) is 14.3 Å². The molecule has 1 rings (SSSR count). The van der Waals surface area contributed by atoms with Crippen LogP contribution in [0.5, 0.6) is 0 Å². The maximum Gasteiger partial charge on any atom is 0.328 e. The van der Waals surface area contributed by atoms with Gasteiger partial charge in [-0.3, -0.25) is 0 Å². The molecular weight excluding hydrogens is 200 g/mol. The maximum atomic E-state index is 10.2. The summed E-state index contributed by atoms with van der Waals surface area (Å²) in [5.74, 6) is -0.557. The van der Waals surface area contributed by atoms with E-state index in [9.17, 15) is 4.79 Å². The minimum Gasteiger partial charge on any atom is -0.478 e. The van der Waals surface area contributed by atoms with Gasteiger partial charge in [-0.15, -0.1) is 10.2 Å². The molecule has 6 heteroatoms. The Morgan fingerprint density at radius 3 is 3.07 bits per heavy atom. The van der Waals surface area contributed by atoms with Gasteiger partial charge in [-0.1, -0.05) is 6.92 Å². The standard InChI is InChI=1S/C9H12N2O4/c1-2-5-14-6-8-11-10-7(15-8)3-4-9(12)13/h3-4H,2,5-6H2,1H3,(H,12,13)/b4-3+. The molecule has 0 unspecified atom stereocenters. The van der Waals surface area contributed by atoms with E-state index in [1.54, 1.807) is 0 Å². The number of ether oxygens (including phenoxy) is 1. The third-order valence-electron chi connectivity index (χ3n) is 1.42. The molecule has 0 aliphatic heterocycles. The number of hydrogen-bond donors (Lipinski definition) is 1. The van der Waals surface area contributed by atoms with Gasteiger partial charge in [0.2, 0.25) is 11.8 Å². The van der Waals surface area contributed by atoms with Crippen LogP contribution in [0, 0.1) is 0 Å². The first-order valence-corrected chi connectivity index (χ1v) is 4.53. The molecule has 0 spiro atoms. The Morgan fingerprint density at radius 2 is 2.40 bits per heavy atom. The average molecular weight is 212 g/mol. The summed E-state index contributed by atoms with van der Waals surface area (Å²) in [5.41, 5.74) is 0. The van der Waals surface area contributed by atoms with Gasteiger partial charge in [0.15, 0.2) is 0 Å². The van der Waals surface area contributed by atoms with Gasteiger partial charge >= 0.3 is 5.97 Å². The fourth-order valence-corrected chi connectivity index (χ4v) is 0.839. The van der Waals surface area contributed by atoms with Crippen LogP contribution in [0.3, 0.4) is 0 Å². The van der Waals surface area contributed by atoms with Crippen molar-refractivity contribution in [2.45, 2.75) is 20.0 Å². The van der Waals surface area contributed by atoms with Gasteiger partial charge in [0.1, 0.15) is 6.61 Å². The molecule has 0 saturated carbocycles. The van der Waals surface area contributed by atoms with E-state index in [-0.39, 0.29) is 12.5 Å². The molecule has 1 aromatic rings. The summed E-state index contributed by atoms with van der Waals surface area (Å²) < 4.78 is 10.3. The Kier molecular flexibility index (Phi) is 4.49. The van der Waals surface area contributed by atoms with Crippen molar-refractivity contribution in [1.29, 1.82) is 0 Å². The van der Waals surface area contributed by atoms with E-state index in [0.717, 1.165) is 12.5 Å². The summed E-state index contributed by atoms with van der Waals surface area (Å²) in [7, 11) is 0. The normalized spacial score (nSPS) is 11.0. The highest BCUT2D eigenvalue weighted by Crippen LogP contribution is 2.03. The van der Waals surface area contributed by atoms with Crippen LogP contribution < -0.4 is 0 Å². The second-order valence-corrected chi connectivity index (χ2v) is 2.76. The van der Waals surface area contributed by atoms with Gasteiger partial charge in [-0.05, 0) is 6.42 Å². The quantitative estimate of drug-likeness (QED) is 0.561. The van der Waals surface area contributed by atoms with E-state index < -0.39 is 5.97 Å². The molecule has 1 N–H and O–H groups in total. The summed E-state index contributed by atoms with van der Waals surface area (Å²) in [4.78, 5) is 10.2. The number of carboxylic acid groups (broad SMARTS) is 1. The number of rotatable bonds is 6. The van der Waals surface area contributed by atoms with Crippen LogP contribution in [0.25, 0.3) is 6.08 Å². The lowest BCUT2D eigenvalue weighted by atomic mass is 10.5. The molecule has 0 aliphatic rings. The third kappa shape index (κ3) is 4.37. The highest BCUT2D eigenvalue weighted by molar-refractivity contribution is 5.84. The molecule has 6 nitrogen and oxygen atoms in total. The molecule has 0 aliphatic carbocycles. The zero-order valence-corrected chi connectivity index (χ0v) is 8.34. The van der Waals surface area contributed by atoms with Crippen molar-refractivity contribution in [2.75, 3.05) is 6.61 Å². The fraction of sp³-hybridized carbons (Fsp3) is 0.444. The molecule has 0 radical (unpaired) electrons. The maximum absolute atomic E-state index is 10.2. The van der Waals surface area contributed by atoms with Gasteiger partial charge in [-0.2, -0.15) is 0 Å². The van der Waals surface area contributed by atoms with E-state index >= 15 is 0 Å². The van der Waals surface area contributed by atoms with Crippen molar-refractivity contribution in [2.24, 2.45) is 0 Å². The predicted molar refractivity (Wildman–Crippen MR) is 50.9 cm³/mol. The molecule has 0 amide bonds. The molecule has 0 aromatic carbocycles. The van der Waals surface area contributed by atoms with Gasteiger partial charge in [-0.25, -0.2) is 4.79 Å².